The van der Waals surface area contributed by atoms with Gasteiger partial charge in [-0.15, -0.1) is 0 Å². The van der Waals surface area contributed by atoms with Crippen LogP contribution >= 0.6 is 7.82 Å². The summed E-state index contributed by atoms with van der Waals surface area (Å²) in [6.07, 6.45) is 19.3. The minimum atomic E-state index is -4.59. The zero-order valence-corrected chi connectivity index (χ0v) is 26.4. The topological polar surface area (TPSA) is 149 Å². The van der Waals surface area contributed by atoms with E-state index < -0.39 is 51.8 Å². The Labute approximate surface area is 247 Å². The average Bonchev–Trinajstić information content (AvgIpc) is 2.95. The van der Waals surface area contributed by atoms with E-state index in [1.165, 1.54) is 32.1 Å². The lowest BCUT2D eigenvalue weighted by molar-refractivity contribution is -0.161. The van der Waals surface area contributed by atoms with Crippen LogP contribution in [0.3, 0.4) is 0 Å². The first-order chi connectivity index (χ1) is 19.7. The van der Waals surface area contributed by atoms with E-state index in [9.17, 15) is 24.2 Å². The number of aliphatic hydroxyl groups is 2. The minimum Gasteiger partial charge on any atom is -0.462 e. The average molecular weight is 609 g/mol. The summed E-state index contributed by atoms with van der Waals surface area (Å²) in [6, 6.07) is 0. The molecular weight excluding hydrogens is 551 g/mol. The van der Waals surface area contributed by atoms with Crippen molar-refractivity contribution in [1.82, 2.24) is 0 Å². The number of rotatable bonds is 29. The van der Waals surface area contributed by atoms with Gasteiger partial charge in [-0.3, -0.25) is 18.6 Å². The number of hydrogen-bond acceptors (Lipinski definition) is 9. The fraction of sp³-hybridized carbons (Fsp3) is 0.867. The van der Waals surface area contributed by atoms with E-state index in [0.717, 1.165) is 57.8 Å². The molecule has 0 radical (unpaired) electrons. The molecule has 0 rings (SSSR count). The molecule has 0 aliphatic heterocycles. The van der Waals surface area contributed by atoms with Crippen LogP contribution in [0.1, 0.15) is 129 Å². The molecule has 3 atom stereocenters. The summed E-state index contributed by atoms with van der Waals surface area (Å²) in [6.45, 7) is 2.23. The van der Waals surface area contributed by atoms with Crippen LogP contribution in [0.4, 0.5) is 0 Å². The molecule has 0 aliphatic carbocycles. The van der Waals surface area contributed by atoms with Gasteiger partial charge in [-0.1, -0.05) is 96.6 Å². The molecule has 10 nitrogen and oxygen atoms in total. The minimum absolute atomic E-state index is 0.176. The molecule has 0 aromatic rings. The summed E-state index contributed by atoms with van der Waals surface area (Å²) in [4.78, 5) is 34.4. The maximum atomic E-state index is 12.4. The van der Waals surface area contributed by atoms with Gasteiger partial charge in [0.25, 0.3) is 0 Å². The molecule has 0 aliphatic rings. The second kappa shape index (κ2) is 27.5. The van der Waals surface area contributed by atoms with Crippen molar-refractivity contribution in [3.8, 4) is 0 Å². The Morgan fingerprint density at radius 1 is 0.707 bits per heavy atom. The number of allylic oxidation sites excluding steroid dienone is 2. The molecule has 0 amide bonds. The van der Waals surface area contributed by atoms with Crippen LogP contribution < -0.4 is 0 Å². The quantitative estimate of drug-likeness (QED) is 0.0369. The summed E-state index contributed by atoms with van der Waals surface area (Å²) in [5.74, 6) is -0.945. The lowest BCUT2D eigenvalue weighted by Crippen LogP contribution is -2.29. The van der Waals surface area contributed by atoms with Crippen LogP contribution in [0, 0.1) is 0 Å². The number of carbonyl (C=O) groups is 2. The Morgan fingerprint density at radius 2 is 1.22 bits per heavy atom. The van der Waals surface area contributed by atoms with Crippen molar-refractivity contribution in [1.29, 1.82) is 0 Å². The highest BCUT2D eigenvalue weighted by Crippen LogP contribution is 2.43. The van der Waals surface area contributed by atoms with E-state index >= 15 is 0 Å². The number of phosphoric ester groups is 1. The molecule has 11 heteroatoms. The van der Waals surface area contributed by atoms with E-state index in [2.05, 4.69) is 30.5 Å². The molecule has 0 aromatic heterocycles. The van der Waals surface area contributed by atoms with E-state index in [1.807, 2.05) is 0 Å². The van der Waals surface area contributed by atoms with Gasteiger partial charge >= 0.3 is 19.8 Å². The lowest BCUT2D eigenvalue weighted by atomic mass is 10.1. The highest BCUT2D eigenvalue weighted by molar-refractivity contribution is 7.47. The van der Waals surface area contributed by atoms with Crippen molar-refractivity contribution < 1.29 is 47.8 Å². The molecule has 3 N–H and O–H groups in total. The van der Waals surface area contributed by atoms with Gasteiger partial charge < -0.3 is 24.6 Å². The fourth-order valence-electron chi connectivity index (χ4n) is 3.91. The van der Waals surface area contributed by atoms with Gasteiger partial charge in [-0.05, 0) is 32.1 Å². The second-order valence-electron chi connectivity index (χ2n) is 10.5. The second-order valence-corrected chi connectivity index (χ2v) is 11.9. The zero-order valence-electron chi connectivity index (χ0n) is 25.5. The Bertz CT molecular complexity index is 715. The standard InChI is InChI=1S/C30H57O10P/c1-3-5-7-9-11-12-13-14-16-18-20-22-30(34)40-28(26-39-41(35,36)38-24-27(32)23-31)25-37-29(33)21-19-17-15-10-8-6-4-2/h9,11,27-28,31-32H,3-8,10,12-26H2,1-2H3,(H,35,36)/b11-9+/t27-,28+/m0/s1. The first-order valence-corrected chi connectivity index (χ1v) is 17.1. The molecule has 0 fully saturated rings. The van der Waals surface area contributed by atoms with Gasteiger partial charge in [-0.2, -0.15) is 0 Å². The SMILES string of the molecule is CCCC/C=C/CCCCCCCC(=O)O[C@H](COC(=O)CCCCCCCCC)COP(=O)(O)OC[C@@H](O)CO. The van der Waals surface area contributed by atoms with E-state index in [-0.39, 0.29) is 19.4 Å². The first-order valence-electron chi connectivity index (χ1n) is 15.6. The molecular formula is C30H57O10P. The Kier molecular flexibility index (Phi) is 26.7. The summed E-state index contributed by atoms with van der Waals surface area (Å²) < 4.78 is 32.3. The van der Waals surface area contributed by atoms with Crippen molar-refractivity contribution in [2.75, 3.05) is 26.4 Å². The largest absolute Gasteiger partial charge is 0.472 e. The smallest absolute Gasteiger partial charge is 0.462 e. The molecule has 0 saturated carbocycles. The summed E-state index contributed by atoms with van der Waals surface area (Å²) >= 11 is 0. The lowest BCUT2D eigenvalue weighted by Gasteiger charge is -2.20. The molecule has 0 spiro atoms. The molecule has 0 aromatic carbocycles. The first kappa shape index (κ1) is 39.7. The maximum absolute atomic E-state index is 12.4. The number of hydrogen-bond donors (Lipinski definition) is 3. The molecule has 242 valence electrons. The van der Waals surface area contributed by atoms with Crippen LogP contribution in [0.25, 0.3) is 0 Å². The van der Waals surface area contributed by atoms with Gasteiger partial charge in [0.15, 0.2) is 6.10 Å². The van der Waals surface area contributed by atoms with Gasteiger partial charge in [0.05, 0.1) is 19.8 Å². The number of esters is 2. The highest BCUT2D eigenvalue weighted by Gasteiger charge is 2.27. The van der Waals surface area contributed by atoms with Crippen LogP contribution in [-0.4, -0.2) is 65.7 Å². The number of aliphatic hydroxyl groups excluding tert-OH is 2. The number of ether oxygens (including phenoxy) is 2. The van der Waals surface area contributed by atoms with E-state index in [4.69, 9.17) is 19.1 Å². The molecule has 0 heterocycles. The normalized spacial score (nSPS) is 14.6. The fourth-order valence-corrected chi connectivity index (χ4v) is 4.70. The third-order valence-corrected chi connectivity index (χ3v) is 7.37. The summed E-state index contributed by atoms with van der Waals surface area (Å²) in [5, 5.41) is 18.1. The van der Waals surface area contributed by atoms with Crippen molar-refractivity contribution in [2.45, 2.75) is 142 Å². The number of carbonyl (C=O) groups excluding carboxylic acids is 2. The molecule has 1 unspecified atom stereocenters. The zero-order chi connectivity index (χ0) is 30.6. The third-order valence-electron chi connectivity index (χ3n) is 6.42. The van der Waals surface area contributed by atoms with E-state index in [0.29, 0.717) is 12.8 Å². The molecule has 0 saturated heterocycles. The Hall–Kier alpha value is -1.29. The predicted octanol–water partition coefficient (Wildman–Crippen LogP) is 6.55. The van der Waals surface area contributed by atoms with Crippen molar-refractivity contribution >= 4 is 19.8 Å². The van der Waals surface area contributed by atoms with Crippen LogP contribution in [-0.2, 0) is 32.7 Å². The molecule has 41 heavy (non-hydrogen) atoms. The number of phosphoric acid groups is 1. The van der Waals surface area contributed by atoms with Crippen molar-refractivity contribution in [3.63, 3.8) is 0 Å². The van der Waals surface area contributed by atoms with Gasteiger partial charge in [0, 0.05) is 12.8 Å². The molecule has 0 bridgehead atoms. The van der Waals surface area contributed by atoms with Crippen LogP contribution in [0.2, 0.25) is 0 Å². The van der Waals surface area contributed by atoms with Crippen LogP contribution in [0.5, 0.6) is 0 Å². The van der Waals surface area contributed by atoms with Crippen molar-refractivity contribution in [2.24, 2.45) is 0 Å². The van der Waals surface area contributed by atoms with Gasteiger partial charge in [-0.25, -0.2) is 4.57 Å². The van der Waals surface area contributed by atoms with Gasteiger partial charge in [0.2, 0.25) is 0 Å². The predicted molar refractivity (Wildman–Crippen MR) is 159 cm³/mol. The Morgan fingerprint density at radius 3 is 1.83 bits per heavy atom. The monoisotopic (exact) mass is 608 g/mol. The summed E-state index contributed by atoms with van der Waals surface area (Å²) in [5.41, 5.74) is 0. The number of unbranched alkanes of at least 4 members (excludes halogenated alkanes) is 13. The third kappa shape index (κ3) is 27.3. The van der Waals surface area contributed by atoms with Gasteiger partial charge in [0.1, 0.15) is 12.7 Å². The van der Waals surface area contributed by atoms with E-state index in [1.54, 1.807) is 0 Å². The van der Waals surface area contributed by atoms with Crippen LogP contribution in [0.15, 0.2) is 12.2 Å². The highest BCUT2D eigenvalue weighted by atomic mass is 31.2. The Balaban J connectivity index is 4.49. The maximum Gasteiger partial charge on any atom is 0.472 e. The van der Waals surface area contributed by atoms with Crippen molar-refractivity contribution in [3.05, 3.63) is 12.2 Å². The summed E-state index contributed by atoms with van der Waals surface area (Å²) in [7, 11) is -4.59.